The van der Waals surface area contributed by atoms with Crippen LogP contribution in [-0.4, -0.2) is 33.1 Å². The Labute approximate surface area is 179 Å². The van der Waals surface area contributed by atoms with Gasteiger partial charge in [-0.2, -0.15) is 0 Å². The van der Waals surface area contributed by atoms with E-state index in [1.807, 2.05) is 6.92 Å². The Bertz CT molecular complexity index is 1260. The molecule has 0 aliphatic carbocycles. The quantitative estimate of drug-likeness (QED) is 0.625. The minimum atomic E-state index is -1.09. The normalized spacial score (nSPS) is 13.8. The van der Waals surface area contributed by atoms with Crippen molar-refractivity contribution in [3.63, 3.8) is 0 Å². The van der Waals surface area contributed by atoms with Gasteiger partial charge in [-0.25, -0.2) is 18.6 Å². The molecule has 11 heteroatoms. The van der Waals surface area contributed by atoms with Crippen molar-refractivity contribution < 1.29 is 13.6 Å². The summed E-state index contributed by atoms with van der Waals surface area (Å²) in [7, 11) is 0. The number of anilines is 2. The maximum absolute atomic E-state index is 13.4. The molecule has 0 atom stereocenters. The molecular weight excluding hydrogens is 428 g/mol. The largest absolute Gasteiger partial charge is 0.348 e. The maximum Gasteiger partial charge on any atom is 0.333 e. The Balaban J connectivity index is 1.73. The monoisotopic (exact) mass is 449 g/mol. The molecule has 1 amide bonds. The minimum absolute atomic E-state index is 0.0612. The molecule has 31 heavy (non-hydrogen) atoms. The van der Waals surface area contributed by atoms with Crippen LogP contribution in [0.4, 0.5) is 19.6 Å². The fourth-order valence-corrected chi connectivity index (χ4v) is 4.67. The highest BCUT2D eigenvalue weighted by Gasteiger charge is 2.23. The van der Waals surface area contributed by atoms with E-state index in [9.17, 15) is 23.2 Å². The Morgan fingerprint density at radius 2 is 1.90 bits per heavy atom. The molecule has 1 aromatic carbocycles. The smallest absolute Gasteiger partial charge is 0.333 e. The van der Waals surface area contributed by atoms with Crippen LogP contribution in [0.1, 0.15) is 26.2 Å². The first kappa shape index (κ1) is 21.2. The van der Waals surface area contributed by atoms with Gasteiger partial charge in [0.05, 0.1) is 0 Å². The van der Waals surface area contributed by atoms with E-state index < -0.39 is 35.3 Å². The highest BCUT2D eigenvalue weighted by molar-refractivity contribution is 7.22. The molecule has 3 aromatic rings. The van der Waals surface area contributed by atoms with Crippen LogP contribution in [0.5, 0.6) is 0 Å². The lowest BCUT2D eigenvalue weighted by Gasteiger charge is -2.12. The van der Waals surface area contributed by atoms with E-state index in [1.54, 1.807) is 0 Å². The SMILES string of the molecule is CCCn1c(=O)c2sc(N3CCCC3)nc2n(CC(=O)Nc2ccc(F)c(F)c2)c1=O. The third-order valence-corrected chi connectivity index (χ3v) is 6.18. The molecule has 0 spiro atoms. The van der Waals surface area contributed by atoms with E-state index in [0.717, 1.165) is 47.2 Å². The van der Waals surface area contributed by atoms with Gasteiger partial charge in [-0.05, 0) is 31.4 Å². The van der Waals surface area contributed by atoms with Crippen molar-refractivity contribution in [1.29, 1.82) is 0 Å². The summed E-state index contributed by atoms with van der Waals surface area (Å²) in [6, 6.07) is 2.98. The van der Waals surface area contributed by atoms with Crippen LogP contribution in [0.15, 0.2) is 27.8 Å². The summed E-state index contributed by atoms with van der Waals surface area (Å²) in [5.74, 6) is -2.74. The van der Waals surface area contributed by atoms with Gasteiger partial charge in [0.1, 0.15) is 11.2 Å². The third kappa shape index (κ3) is 4.09. The van der Waals surface area contributed by atoms with Crippen LogP contribution in [0, 0.1) is 11.6 Å². The first-order chi connectivity index (χ1) is 14.9. The number of halogens is 2. The van der Waals surface area contributed by atoms with Gasteiger partial charge in [0.15, 0.2) is 22.4 Å². The number of nitrogens with one attached hydrogen (secondary N) is 1. The number of thiazole rings is 1. The summed E-state index contributed by atoms with van der Waals surface area (Å²) in [5, 5.41) is 3.10. The predicted octanol–water partition coefficient (Wildman–Crippen LogP) is 2.55. The van der Waals surface area contributed by atoms with Gasteiger partial charge in [0.25, 0.3) is 5.56 Å². The van der Waals surface area contributed by atoms with E-state index in [-0.39, 0.29) is 17.9 Å². The van der Waals surface area contributed by atoms with Crippen molar-refractivity contribution in [3.05, 3.63) is 50.7 Å². The molecule has 4 rings (SSSR count). The fourth-order valence-electron chi connectivity index (χ4n) is 3.59. The zero-order chi connectivity index (χ0) is 22.1. The lowest BCUT2D eigenvalue weighted by molar-refractivity contribution is -0.116. The Morgan fingerprint density at radius 1 is 1.16 bits per heavy atom. The highest BCUT2D eigenvalue weighted by Crippen LogP contribution is 2.28. The number of amides is 1. The number of rotatable bonds is 6. The van der Waals surface area contributed by atoms with Gasteiger partial charge in [-0.3, -0.25) is 18.7 Å². The van der Waals surface area contributed by atoms with Crippen LogP contribution in [-0.2, 0) is 17.9 Å². The average molecular weight is 449 g/mol. The standard InChI is InChI=1S/C20H21F2N5O3S/c1-2-7-26-18(29)16-17(24-19(31-16)25-8-3-4-9-25)27(20(26)30)11-15(28)23-12-5-6-13(21)14(22)10-12/h5-6,10H,2-4,7-9,11H2,1H3,(H,23,28). The number of hydrogen-bond donors (Lipinski definition) is 1. The lowest BCUT2D eigenvalue weighted by Crippen LogP contribution is -2.41. The van der Waals surface area contributed by atoms with Crippen molar-refractivity contribution in [2.45, 2.75) is 39.3 Å². The summed E-state index contributed by atoms with van der Waals surface area (Å²) in [6.07, 6.45) is 2.62. The Morgan fingerprint density at radius 3 is 2.58 bits per heavy atom. The van der Waals surface area contributed by atoms with Crippen LogP contribution >= 0.6 is 11.3 Å². The topological polar surface area (TPSA) is 89.2 Å². The second kappa shape index (κ2) is 8.58. The van der Waals surface area contributed by atoms with E-state index >= 15 is 0 Å². The summed E-state index contributed by atoms with van der Waals surface area (Å²) >= 11 is 1.22. The average Bonchev–Trinajstić information content (AvgIpc) is 3.41. The summed E-state index contributed by atoms with van der Waals surface area (Å²) in [5.41, 5.74) is -0.819. The number of fused-ring (bicyclic) bond motifs is 1. The molecule has 3 heterocycles. The first-order valence-electron chi connectivity index (χ1n) is 10.0. The summed E-state index contributed by atoms with van der Waals surface area (Å²) in [6.45, 7) is 3.29. The number of benzene rings is 1. The molecule has 1 N–H and O–H groups in total. The van der Waals surface area contributed by atoms with Gasteiger partial charge in [0, 0.05) is 31.4 Å². The molecule has 1 aliphatic rings. The first-order valence-corrected chi connectivity index (χ1v) is 10.8. The minimum Gasteiger partial charge on any atom is -0.348 e. The lowest BCUT2D eigenvalue weighted by atomic mass is 10.3. The third-order valence-electron chi connectivity index (χ3n) is 5.08. The second-order valence-corrected chi connectivity index (χ2v) is 8.32. The second-order valence-electron chi connectivity index (χ2n) is 7.35. The number of carbonyl (C=O) groups excluding carboxylic acids is 1. The van der Waals surface area contributed by atoms with Gasteiger partial charge < -0.3 is 10.2 Å². The molecule has 8 nitrogen and oxygen atoms in total. The predicted molar refractivity (Wildman–Crippen MR) is 115 cm³/mol. The van der Waals surface area contributed by atoms with Crippen LogP contribution < -0.4 is 21.5 Å². The molecule has 164 valence electrons. The molecule has 0 unspecified atom stereocenters. The van der Waals surface area contributed by atoms with Crippen LogP contribution in [0.3, 0.4) is 0 Å². The molecular formula is C20H21F2N5O3S. The molecule has 0 saturated carbocycles. The van der Waals surface area contributed by atoms with Crippen LogP contribution in [0.25, 0.3) is 10.3 Å². The highest BCUT2D eigenvalue weighted by atomic mass is 32.1. The zero-order valence-electron chi connectivity index (χ0n) is 16.9. The van der Waals surface area contributed by atoms with Gasteiger partial charge in [-0.1, -0.05) is 18.3 Å². The van der Waals surface area contributed by atoms with E-state index in [0.29, 0.717) is 16.3 Å². The van der Waals surface area contributed by atoms with Crippen molar-refractivity contribution in [1.82, 2.24) is 14.1 Å². The van der Waals surface area contributed by atoms with Crippen molar-refractivity contribution in [2.24, 2.45) is 0 Å². The van der Waals surface area contributed by atoms with Crippen LogP contribution in [0.2, 0.25) is 0 Å². The molecule has 0 bridgehead atoms. The summed E-state index contributed by atoms with van der Waals surface area (Å²) < 4.78 is 29.1. The maximum atomic E-state index is 13.4. The number of hydrogen-bond acceptors (Lipinski definition) is 6. The van der Waals surface area contributed by atoms with Crippen molar-refractivity contribution >= 4 is 38.4 Å². The number of aromatic nitrogens is 3. The molecule has 1 fully saturated rings. The van der Waals surface area contributed by atoms with Gasteiger partial charge >= 0.3 is 5.69 Å². The van der Waals surface area contributed by atoms with Gasteiger partial charge in [-0.15, -0.1) is 0 Å². The van der Waals surface area contributed by atoms with E-state index in [4.69, 9.17) is 0 Å². The summed E-state index contributed by atoms with van der Waals surface area (Å²) in [4.78, 5) is 45.0. The van der Waals surface area contributed by atoms with E-state index in [2.05, 4.69) is 15.2 Å². The number of nitrogens with zero attached hydrogens (tertiary/aromatic N) is 4. The molecule has 1 aliphatic heterocycles. The number of carbonyl (C=O) groups is 1. The zero-order valence-corrected chi connectivity index (χ0v) is 17.7. The Hall–Kier alpha value is -3.08. The Kier molecular flexibility index (Phi) is 5.86. The van der Waals surface area contributed by atoms with Crippen molar-refractivity contribution in [3.8, 4) is 0 Å². The molecule has 2 aromatic heterocycles. The van der Waals surface area contributed by atoms with E-state index in [1.165, 1.54) is 17.4 Å². The molecule has 1 saturated heterocycles. The molecule has 0 radical (unpaired) electrons. The fraction of sp³-hybridized carbons (Fsp3) is 0.400. The van der Waals surface area contributed by atoms with Crippen molar-refractivity contribution in [2.75, 3.05) is 23.3 Å². The van der Waals surface area contributed by atoms with Gasteiger partial charge in [0.2, 0.25) is 5.91 Å².